The first-order chi connectivity index (χ1) is 11.1. The summed E-state index contributed by atoms with van der Waals surface area (Å²) >= 11 is 0. The summed E-state index contributed by atoms with van der Waals surface area (Å²) in [4.78, 5) is 0.783. The van der Waals surface area contributed by atoms with Gasteiger partial charge in [0.1, 0.15) is 0 Å². The van der Waals surface area contributed by atoms with Crippen molar-refractivity contribution >= 4 is 10.0 Å². The number of quaternary nitrogens is 1. The molecule has 0 saturated carbocycles. The minimum absolute atomic E-state index is 0.119. The van der Waals surface area contributed by atoms with E-state index in [1.54, 1.807) is 6.92 Å². The van der Waals surface area contributed by atoms with Crippen molar-refractivity contribution in [3.8, 4) is 6.07 Å². The van der Waals surface area contributed by atoms with Crippen LogP contribution in [0.5, 0.6) is 0 Å². The lowest BCUT2D eigenvalue weighted by atomic mass is 10.2. The topological polar surface area (TPSA) is 65.6 Å². The minimum atomic E-state index is -4.58. The van der Waals surface area contributed by atoms with Crippen molar-refractivity contribution < 1.29 is 26.5 Å². The van der Waals surface area contributed by atoms with E-state index in [9.17, 15) is 21.6 Å². The van der Waals surface area contributed by atoms with E-state index in [2.05, 4.69) is 6.07 Å². The second kappa shape index (κ2) is 7.09. The summed E-state index contributed by atoms with van der Waals surface area (Å²) < 4.78 is 64.6. The third-order valence-corrected chi connectivity index (χ3v) is 5.94. The summed E-state index contributed by atoms with van der Waals surface area (Å²) in [5.74, 6) is -0.119. The Morgan fingerprint density at radius 1 is 1.33 bits per heavy atom. The summed E-state index contributed by atoms with van der Waals surface area (Å²) in [6.45, 7) is 3.96. The molecule has 5 nitrogen and oxygen atoms in total. The highest BCUT2D eigenvalue weighted by Gasteiger charge is 2.34. The number of piperazine rings is 1. The number of hydrogen-bond donors (Lipinski definition) is 1. The summed E-state index contributed by atoms with van der Waals surface area (Å²) in [6.07, 6.45) is -4.58. The van der Waals surface area contributed by atoms with E-state index in [0.29, 0.717) is 25.7 Å². The van der Waals surface area contributed by atoms with Crippen molar-refractivity contribution in [3.05, 3.63) is 29.8 Å². The van der Waals surface area contributed by atoms with Crippen molar-refractivity contribution in [2.45, 2.75) is 18.0 Å². The summed E-state index contributed by atoms with van der Waals surface area (Å²) in [7, 11) is -3.95. The van der Waals surface area contributed by atoms with Gasteiger partial charge in [0, 0.05) is 0 Å². The van der Waals surface area contributed by atoms with Gasteiger partial charge in [0.25, 0.3) is 0 Å². The van der Waals surface area contributed by atoms with E-state index >= 15 is 0 Å². The fraction of sp³-hybridized carbons (Fsp3) is 0.533. The maximum absolute atomic E-state index is 12.8. The highest BCUT2D eigenvalue weighted by molar-refractivity contribution is 7.89. The Balaban J connectivity index is 2.11. The molecule has 1 fully saturated rings. The maximum atomic E-state index is 12.8. The summed E-state index contributed by atoms with van der Waals surface area (Å²) in [5, 5.41) is 8.83. The molecule has 9 heteroatoms. The highest BCUT2D eigenvalue weighted by Crippen LogP contribution is 2.31. The molecule has 0 aliphatic carbocycles. The smallest absolute Gasteiger partial charge is 0.332 e. The number of rotatable bonds is 4. The Bertz CT molecular complexity index is 720. The zero-order valence-electron chi connectivity index (χ0n) is 13.2. The molecule has 132 valence electrons. The van der Waals surface area contributed by atoms with Gasteiger partial charge in [-0.05, 0) is 25.1 Å². The molecule has 1 aromatic carbocycles. The number of alkyl halides is 3. The second-order valence-electron chi connectivity index (χ2n) is 5.91. The Morgan fingerprint density at radius 3 is 2.50 bits per heavy atom. The normalized spacial score (nSPS) is 19.0. The molecule has 0 bridgehead atoms. The van der Waals surface area contributed by atoms with Crippen molar-refractivity contribution in [2.24, 2.45) is 5.92 Å². The van der Waals surface area contributed by atoms with Crippen LogP contribution in [0.15, 0.2) is 29.2 Å². The molecule has 0 amide bonds. The zero-order chi connectivity index (χ0) is 18.0. The number of sulfonamides is 1. The van der Waals surface area contributed by atoms with Crippen molar-refractivity contribution in [3.63, 3.8) is 0 Å². The number of hydrogen-bond acceptors (Lipinski definition) is 3. The highest BCUT2D eigenvalue weighted by atomic mass is 32.2. The molecule has 1 N–H and O–H groups in total. The van der Waals surface area contributed by atoms with Crippen LogP contribution >= 0.6 is 0 Å². The number of halogens is 3. The summed E-state index contributed by atoms with van der Waals surface area (Å²) in [6, 6.07) is 5.95. The van der Waals surface area contributed by atoms with Crippen LogP contribution in [0.1, 0.15) is 12.5 Å². The lowest BCUT2D eigenvalue weighted by Gasteiger charge is -2.32. The Kier molecular flexibility index (Phi) is 5.52. The number of nitrogens with one attached hydrogen (secondary N) is 1. The number of nitriles is 1. The third kappa shape index (κ3) is 4.26. The molecule has 1 aliphatic rings. The molecule has 0 aromatic heterocycles. The van der Waals surface area contributed by atoms with Crippen LogP contribution in [-0.2, 0) is 16.2 Å². The second-order valence-corrected chi connectivity index (χ2v) is 7.85. The molecule has 1 aliphatic heterocycles. The van der Waals surface area contributed by atoms with Gasteiger partial charge in [-0.3, -0.25) is 0 Å². The van der Waals surface area contributed by atoms with Crippen LogP contribution in [0, 0.1) is 17.2 Å². The zero-order valence-corrected chi connectivity index (χ0v) is 14.0. The largest absolute Gasteiger partial charge is 0.416 e. The van der Waals surface area contributed by atoms with Gasteiger partial charge in [-0.1, -0.05) is 6.07 Å². The molecule has 1 aromatic rings. The molecule has 2 rings (SSSR count). The monoisotopic (exact) mass is 362 g/mol. The van der Waals surface area contributed by atoms with Gasteiger partial charge in [0.15, 0.2) is 0 Å². The quantitative estimate of drug-likeness (QED) is 0.860. The lowest BCUT2D eigenvalue weighted by Crippen LogP contribution is -3.15. The Labute approximate surface area is 139 Å². The van der Waals surface area contributed by atoms with Crippen LogP contribution in [0.3, 0.4) is 0 Å². The van der Waals surface area contributed by atoms with Gasteiger partial charge in [-0.25, -0.2) is 8.42 Å². The fourth-order valence-corrected chi connectivity index (χ4v) is 4.20. The lowest BCUT2D eigenvalue weighted by molar-refractivity contribution is -0.905. The molecule has 0 spiro atoms. The first kappa shape index (κ1) is 18.7. The van der Waals surface area contributed by atoms with Crippen LogP contribution in [0.25, 0.3) is 0 Å². The van der Waals surface area contributed by atoms with E-state index < -0.39 is 21.8 Å². The van der Waals surface area contributed by atoms with E-state index in [-0.39, 0.29) is 23.9 Å². The third-order valence-electron chi connectivity index (χ3n) is 4.04. The van der Waals surface area contributed by atoms with E-state index in [1.807, 2.05) is 0 Å². The van der Waals surface area contributed by atoms with Gasteiger partial charge in [-0.15, -0.1) is 0 Å². The molecule has 0 radical (unpaired) electrons. The molecule has 0 unspecified atom stereocenters. The average molecular weight is 362 g/mol. The number of nitrogens with zero attached hydrogens (tertiary/aromatic N) is 2. The van der Waals surface area contributed by atoms with E-state index in [4.69, 9.17) is 5.26 Å². The van der Waals surface area contributed by atoms with Crippen LogP contribution in [0.4, 0.5) is 13.2 Å². The summed E-state index contributed by atoms with van der Waals surface area (Å²) in [5.41, 5.74) is -0.976. The standard InChI is InChI=1S/C15H18F3N3O2S/c1-12(10-19)11-20-5-7-21(8-6-20)24(22,23)14-4-2-3-13(9-14)15(16,17)18/h2-4,9,12H,5-8,11H2,1H3/p+1/t12-/m0/s1. The van der Waals surface area contributed by atoms with Crippen molar-refractivity contribution in [2.75, 3.05) is 32.7 Å². The number of benzene rings is 1. The average Bonchev–Trinajstić information content (AvgIpc) is 2.54. The first-order valence-corrected chi connectivity index (χ1v) is 8.99. The molecule has 1 saturated heterocycles. The molecule has 24 heavy (non-hydrogen) atoms. The molecular formula is C15H19F3N3O2S+. The first-order valence-electron chi connectivity index (χ1n) is 7.55. The van der Waals surface area contributed by atoms with Crippen molar-refractivity contribution in [1.82, 2.24) is 4.31 Å². The van der Waals surface area contributed by atoms with Gasteiger partial charge >= 0.3 is 6.18 Å². The van der Waals surface area contributed by atoms with Gasteiger partial charge in [-0.2, -0.15) is 22.7 Å². The van der Waals surface area contributed by atoms with Crippen LogP contribution in [0.2, 0.25) is 0 Å². The molecule has 1 atom stereocenters. The SMILES string of the molecule is C[C@@H](C#N)C[NH+]1CCN(S(=O)(=O)c2cccc(C(F)(F)F)c2)CC1. The molecular weight excluding hydrogens is 343 g/mol. The minimum Gasteiger partial charge on any atom is -0.332 e. The van der Waals surface area contributed by atoms with Crippen LogP contribution < -0.4 is 4.90 Å². The Morgan fingerprint density at radius 2 is 1.96 bits per heavy atom. The maximum Gasteiger partial charge on any atom is 0.416 e. The van der Waals surface area contributed by atoms with Gasteiger partial charge in [0.05, 0.1) is 55.2 Å². The van der Waals surface area contributed by atoms with E-state index in [0.717, 1.165) is 17.0 Å². The predicted octanol–water partition coefficient (Wildman–Crippen LogP) is 0.754. The van der Waals surface area contributed by atoms with Gasteiger partial charge < -0.3 is 4.90 Å². The fourth-order valence-electron chi connectivity index (χ4n) is 2.71. The molecule has 1 heterocycles. The van der Waals surface area contributed by atoms with E-state index in [1.165, 1.54) is 10.4 Å². The van der Waals surface area contributed by atoms with Gasteiger partial charge in [0.2, 0.25) is 10.0 Å². The predicted molar refractivity (Wildman–Crippen MR) is 80.5 cm³/mol. The Hall–Kier alpha value is -1.63. The van der Waals surface area contributed by atoms with Crippen LogP contribution in [-0.4, -0.2) is 45.4 Å². The van der Waals surface area contributed by atoms with Crippen molar-refractivity contribution in [1.29, 1.82) is 5.26 Å².